The molecule has 0 spiro atoms. The normalized spacial score (nSPS) is 16.6. The van der Waals surface area contributed by atoms with Gasteiger partial charge in [-0.3, -0.25) is 4.90 Å². The van der Waals surface area contributed by atoms with Crippen LogP contribution in [0.1, 0.15) is 11.5 Å². The zero-order valence-electron chi connectivity index (χ0n) is 11.4. The van der Waals surface area contributed by atoms with Crippen molar-refractivity contribution in [1.82, 2.24) is 9.88 Å². The van der Waals surface area contributed by atoms with Crippen LogP contribution in [0.25, 0.3) is 0 Å². The summed E-state index contributed by atoms with van der Waals surface area (Å²) in [6.45, 7) is 4.70. The van der Waals surface area contributed by atoms with Gasteiger partial charge in [-0.1, -0.05) is 6.07 Å². The van der Waals surface area contributed by atoms with Crippen molar-refractivity contribution >= 4 is 5.82 Å². The molecule has 20 heavy (non-hydrogen) atoms. The Morgan fingerprint density at radius 1 is 1.05 bits per heavy atom. The molecule has 3 rings (SSSR count). The van der Waals surface area contributed by atoms with E-state index in [1.807, 2.05) is 30.5 Å². The second kappa shape index (κ2) is 6.07. The van der Waals surface area contributed by atoms with Gasteiger partial charge in [-0.05, 0) is 24.3 Å². The first-order valence-electron chi connectivity index (χ1n) is 6.92. The highest BCUT2D eigenvalue weighted by Crippen LogP contribution is 2.15. The average Bonchev–Trinajstić information content (AvgIpc) is 2.97. The monoisotopic (exact) mass is 273 g/mol. The van der Waals surface area contributed by atoms with Crippen molar-refractivity contribution < 1.29 is 9.52 Å². The molecule has 0 radical (unpaired) electrons. The van der Waals surface area contributed by atoms with E-state index in [1.165, 1.54) is 0 Å². The Kier molecular flexibility index (Phi) is 3.99. The van der Waals surface area contributed by atoms with E-state index in [-0.39, 0.29) is 6.61 Å². The Morgan fingerprint density at radius 3 is 2.50 bits per heavy atom. The van der Waals surface area contributed by atoms with Gasteiger partial charge >= 0.3 is 0 Å². The van der Waals surface area contributed by atoms with E-state index in [0.29, 0.717) is 5.76 Å². The third kappa shape index (κ3) is 3.00. The highest BCUT2D eigenvalue weighted by molar-refractivity contribution is 5.38. The SMILES string of the molecule is OCc1ccc(CN2CCN(c3ccccn3)CC2)o1. The van der Waals surface area contributed by atoms with E-state index >= 15 is 0 Å². The van der Waals surface area contributed by atoms with Crippen LogP contribution in [-0.4, -0.2) is 41.2 Å². The van der Waals surface area contributed by atoms with Crippen molar-refractivity contribution in [3.05, 3.63) is 48.0 Å². The molecule has 0 amide bonds. The summed E-state index contributed by atoms with van der Waals surface area (Å²) >= 11 is 0. The molecule has 0 unspecified atom stereocenters. The number of hydrogen-bond acceptors (Lipinski definition) is 5. The average molecular weight is 273 g/mol. The molecule has 1 fully saturated rings. The van der Waals surface area contributed by atoms with E-state index in [0.717, 1.165) is 44.3 Å². The minimum absolute atomic E-state index is 0.0343. The zero-order chi connectivity index (χ0) is 13.8. The van der Waals surface area contributed by atoms with E-state index in [4.69, 9.17) is 9.52 Å². The summed E-state index contributed by atoms with van der Waals surface area (Å²) in [5, 5.41) is 9.00. The van der Waals surface area contributed by atoms with Gasteiger partial charge in [0, 0.05) is 32.4 Å². The molecule has 5 heteroatoms. The number of pyridine rings is 1. The number of hydrogen-bond donors (Lipinski definition) is 1. The molecule has 0 aliphatic carbocycles. The van der Waals surface area contributed by atoms with Crippen LogP contribution < -0.4 is 4.90 Å². The number of rotatable bonds is 4. The molecule has 2 aromatic heterocycles. The van der Waals surface area contributed by atoms with E-state index < -0.39 is 0 Å². The number of piperazine rings is 1. The Bertz CT molecular complexity index is 533. The third-order valence-corrected chi connectivity index (χ3v) is 3.60. The van der Waals surface area contributed by atoms with Gasteiger partial charge < -0.3 is 14.4 Å². The summed E-state index contributed by atoms with van der Waals surface area (Å²) in [4.78, 5) is 9.05. The summed E-state index contributed by atoms with van der Waals surface area (Å²) in [6.07, 6.45) is 1.83. The fourth-order valence-electron chi connectivity index (χ4n) is 2.49. The number of aliphatic hydroxyl groups excluding tert-OH is 1. The van der Waals surface area contributed by atoms with Crippen LogP contribution >= 0.6 is 0 Å². The molecule has 0 aromatic carbocycles. The quantitative estimate of drug-likeness (QED) is 0.914. The summed E-state index contributed by atoms with van der Waals surface area (Å²) in [5.41, 5.74) is 0. The number of aliphatic hydroxyl groups is 1. The minimum Gasteiger partial charge on any atom is -0.462 e. The fourth-order valence-corrected chi connectivity index (χ4v) is 2.49. The van der Waals surface area contributed by atoms with Gasteiger partial charge in [0.05, 0.1) is 6.54 Å². The second-order valence-corrected chi connectivity index (χ2v) is 4.98. The lowest BCUT2D eigenvalue weighted by Crippen LogP contribution is -2.46. The van der Waals surface area contributed by atoms with Crippen LogP contribution in [0, 0.1) is 0 Å². The molecular weight excluding hydrogens is 254 g/mol. The summed E-state index contributed by atoms with van der Waals surface area (Å²) in [6, 6.07) is 9.79. The third-order valence-electron chi connectivity index (χ3n) is 3.60. The van der Waals surface area contributed by atoms with Crippen molar-refractivity contribution in [2.75, 3.05) is 31.1 Å². The highest BCUT2D eigenvalue weighted by atomic mass is 16.4. The molecule has 1 aliphatic heterocycles. The lowest BCUT2D eigenvalue weighted by Gasteiger charge is -2.34. The van der Waals surface area contributed by atoms with Gasteiger partial charge in [0.25, 0.3) is 0 Å². The number of anilines is 1. The molecule has 106 valence electrons. The first-order valence-corrected chi connectivity index (χ1v) is 6.92. The number of nitrogens with zero attached hydrogens (tertiary/aromatic N) is 3. The topological polar surface area (TPSA) is 52.7 Å². The zero-order valence-corrected chi connectivity index (χ0v) is 11.4. The smallest absolute Gasteiger partial charge is 0.129 e. The standard InChI is InChI=1S/C15H19N3O2/c19-12-14-5-4-13(20-14)11-17-7-9-18(10-8-17)15-3-1-2-6-16-15/h1-6,19H,7-12H2. The lowest BCUT2D eigenvalue weighted by molar-refractivity contribution is 0.212. The van der Waals surface area contributed by atoms with Crippen LogP contribution in [-0.2, 0) is 13.2 Å². The predicted octanol–water partition coefficient (Wildman–Crippen LogP) is 1.49. The minimum atomic E-state index is -0.0343. The van der Waals surface area contributed by atoms with Crippen molar-refractivity contribution in [2.45, 2.75) is 13.2 Å². The molecular formula is C15H19N3O2. The molecule has 0 atom stereocenters. The van der Waals surface area contributed by atoms with Gasteiger partial charge in [-0.15, -0.1) is 0 Å². The summed E-state index contributed by atoms with van der Waals surface area (Å²) < 4.78 is 5.53. The molecule has 1 saturated heterocycles. The predicted molar refractivity (Wildman–Crippen MR) is 76.4 cm³/mol. The Labute approximate surface area is 118 Å². The van der Waals surface area contributed by atoms with Crippen LogP contribution in [0.4, 0.5) is 5.82 Å². The van der Waals surface area contributed by atoms with Crippen LogP contribution in [0.3, 0.4) is 0 Å². The maximum atomic E-state index is 9.00. The van der Waals surface area contributed by atoms with Crippen molar-refractivity contribution in [3.63, 3.8) is 0 Å². The number of furan rings is 1. The largest absolute Gasteiger partial charge is 0.462 e. The molecule has 1 N–H and O–H groups in total. The fraction of sp³-hybridized carbons (Fsp3) is 0.400. The maximum absolute atomic E-state index is 9.00. The second-order valence-electron chi connectivity index (χ2n) is 4.98. The Balaban J connectivity index is 1.53. The van der Waals surface area contributed by atoms with Gasteiger partial charge in [0.1, 0.15) is 23.9 Å². The van der Waals surface area contributed by atoms with Gasteiger partial charge in [0.2, 0.25) is 0 Å². The number of aromatic nitrogens is 1. The van der Waals surface area contributed by atoms with Crippen molar-refractivity contribution in [1.29, 1.82) is 0 Å². The molecule has 0 saturated carbocycles. The molecule has 5 nitrogen and oxygen atoms in total. The van der Waals surface area contributed by atoms with Crippen LogP contribution in [0.2, 0.25) is 0 Å². The van der Waals surface area contributed by atoms with E-state index in [1.54, 1.807) is 0 Å². The Hall–Kier alpha value is -1.85. The Morgan fingerprint density at radius 2 is 1.85 bits per heavy atom. The van der Waals surface area contributed by atoms with Crippen LogP contribution in [0.5, 0.6) is 0 Å². The summed E-state index contributed by atoms with van der Waals surface area (Å²) in [7, 11) is 0. The molecule has 1 aliphatic rings. The summed E-state index contributed by atoms with van der Waals surface area (Å²) in [5.74, 6) is 2.60. The van der Waals surface area contributed by atoms with Crippen LogP contribution in [0.15, 0.2) is 40.9 Å². The van der Waals surface area contributed by atoms with Crippen molar-refractivity contribution in [3.8, 4) is 0 Å². The van der Waals surface area contributed by atoms with E-state index in [2.05, 4.69) is 20.9 Å². The first-order chi connectivity index (χ1) is 9.85. The van der Waals surface area contributed by atoms with Gasteiger partial charge in [0.15, 0.2) is 0 Å². The molecule has 3 heterocycles. The first kappa shape index (κ1) is 13.1. The highest BCUT2D eigenvalue weighted by Gasteiger charge is 2.18. The molecule has 2 aromatic rings. The van der Waals surface area contributed by atoms with Gasteiger partial charge in [-0.25, -0.2) is 4.98 Å². The van der Waals surface area contributed by atoms with E-state index in [9.17, 15) is 0 Å². The van der Waals surface area contributed by atoms with Crippen molar-refractivity contribution in [2.24, 2.45) is 0 Å². The maximum Gasteiger partial charge on any atom is 0.129 e. The lowest BCUT2D eigenvalue weighted by atomic mass is 10.3. The molecule has 0 bridgehead atoms. The van der Waals surface area contributed by atoms with Gasteiger partial charge in [-0.2, -0.15) is 0 Å².